The number of nitrogens with one attached hydrogen (secondary N) is 1. The summed E-state index contributed by atoms with van der Waals surface area (Å²) in [6, 6.07) is 0. The zero-order valence-corrected chi connectivity index (χ0v) is 15.8. The molecule has 0 saturated carbocycles. The van der Waals surface area contributed by atoms with Gasteiger partial charge in [0, 0.05) is 26.7 Å². The summed E-state index contributed by atoms with van der Waals surface area (Å²) in [7, 11) is 3.28. The van der Waals surface area contributed by atoms with Crippen molar-refractivity contribution in [2.75, 3.05) is 53.4 Å². The molecule has 0 amide bonds. The van der Waals surface area contributed by atoms with Crippen LogP contribution in [0.3, 0.4) is 0 Å². The summed E-state index contributed by atoms with van der Waals surface area (Å²) in [6.45, 7) is 10.5. The van der Waals surface area contributed by atoms with Gasteiger partial charge in [0.05, 0.1) is 13.0 Å². The first kappa shape index (κ1) is 19.0. The summed E-state index contributed by atoms with van der Waals surface area (Å²) in [5.74, 6) is 1.88. The van der Waals surface area contributed by atoms with Gasteiger partial charge in [0.1, 0.15) is 0 Å². The Morgan fingerprint density at radius 2 is 2.00 bits per heavy atom. The van der Waals surface area contributed by atoms with Crippen molar-refractivity contribution in [3.05, 3.63) is 0 Å². The van der Waals surface area contributed by atoms with Crippen LogP contribution < -0.4 is 5.32 Å². The Hall–Kier alpha value is -1.30. The molecule has 0 bridgehead atoms. The maximum absolute atomic E-state index is 11.8. The summed E-state index contributed by atoms with van der Waals surface area (Å²) in [4.78, 5) is 21.0. The van der Waals surface area contributed by atoms with Crippen LogP contribution >= 0.6 is 0 Å². The third kappa shape index (κ3) is 4.85. The van der Waals surface area contributed by atoms with Gasteiger partial charge in [-0.1, -0.05) is 13.8 Å². The summed E-state index contributed by atoms with van der Waals surface area (Å²) in [6.07, 6.45) is 3.80. The molecule has 2 rings (SSSR count). The maximum Gasteiger partial charge on any atom is 0.310 e. The normalized spacial score (nSPS) is 26.7. The number of likely N-dealkylation sites (tertiary alicyclic amines) is 2. The van der Waals surface area contributed by atoms with Gasteiger partial charge >= 0.3 is 5.97 Å². The van der Waals surface area contributed by atoms with Crippen LogP contribution in [0, 0.1) is 17.8 Å². The van der Waals surface area contributed by atoms with Crippen molar-refractivity contribution < 1.29 is 9.53 Å². The number of hydrogen-bond acceptors (Lipinski definition) is 4. The minimum atomic E-state index is -0.108. The molecule has 138 valence electrons. The van der Waals surface area contributed by atoms with Gasteiger partial charge in [0.2, 0.25) is 0 Å². The largest absolute Gasteiger partial charge is 0.469 e. The molecular weight excluding hydrogens is 304 g/mol. The van der Waals surface area contributed by atoms with E-state index in [0.29, 0.717) is 12.5 Å². The van der Waals surface area contributed by atoms with Gasteiger partial charge < -0.3 is 19.9 Å². The third-order valence-electron chi connectivity index (χ3n) is 5.62. The fourth-order valence-corrected chi connectivity index (χ4v) is 3.91. The molecular formula is C18H34N4O2. The second kappa shape index (κ2) is 9.25. The zero-order chi connectivity index (χ0) is 17.5. The second-order valence-electron chi connectivity index (χ2n) is 7.15. The number of piperidine rings is 1. The van der Waals surface area contributed by atoms with E-state index in [1.54, 1.807) is 0 Å². The van der Waals surface area contributed by atoms with E-state index in [9.17, 15) is 4.79 Å². The number of methoxy groups -OCH3 is 1. The van der Waals surface area contributed by atoms with E-state index >= 15 is 0 Å². The minimum absolute atomic E-state index is 0.0491. The Bertz CT molecular complexity index is 433. The molecule has 2 aliphatic rings. The number of carbonyl (C=O) groups is 1. The minimum Gasteiger partial charge on any atom is -0.469 e. The standard InChI is InChI=1S/C18H34N4O2/c1-5-21-10-7-15(8-11-21)6-9-20-18(19-3)22-12-14(2)16(13-22)17(23)24-4/h14-16H,5-13H2,1-4H3,(H,19,20). The lowest BCUT2D eigenvalue weighted by Crippen LogP contribution is -2.42. The Kier molecular flexibility index (Phi) is 7.34. The van der Waals surface area contributed by atoms with E-state index in [4.69, 9.17) is 4.74 Å². The van der Waals surface area contributed by atoms with Crippen LogP contribution in [0.15, 0.2) is 4.99 Å². The summed E-state index contributed by atoms with van der Waals surface area (Å²) >= 11 is 0. The van der Waals surface area contributed by atoms with E-state index in [0.717, 1.165) is 25.0 Å². The number of aliphatic imine (C=N–C) groups is 1. The molecule has 6 nitrogen and oxygen atoms in total. The smallest absolute Gasteiger partial charge is 0.310 e. The lowest BCUT2D eigenvalue weighted by molar-refractivity contribution is -0.145. The quantitative estimate of drug-likeness (QED) is 0.467. The highest BCUT2D eigenvalue weighted by Gasteiger charge is 2.36. The van der Waals surface area contributed by atoms with Gasteiger partial charge in [-0.2, -0.15) is 0 Å². The number of esters is 1. The molecule has 2 aliphatic heterocycles. The molecule has 0 aliphatic carbocycles. The zero-order valence-electron chi connectivity index (χ0n) is 15.8. The number of hydrogen-bond donors (Lipinski definition) is 1. The Morgan fingerprint density at radius 1 is 1.29 bits per heavy atom. The number of rotatable bonds is 5. The van der Waals surface area contributed by atoms with Gasteiger partial charge in [-0.15, -0.1) is 0 Å². The molecule has 0 aromatic rings. The van der Waals surface area contributed by atoms with Crippen molar-refractivity contribution in [1.82, 2.24) is 15.1 Å². The summed E-state index contributed by atoms with van der Waals surface area (Å²) < 4.78 is 4.91. The SMILES string of the molecule is CCN1CCC(CCNC(=NC)N2CC(C)C(C(=O)OC)C2)CC1. The van der Waals surface area contributed by atoms with E-state index in [-0.39, 0.29) is 11.9 Å². The van der Waals surface area contributed by atoms with Crippen molar-refractivity contribution in [3.63, 3.8) is 0 Å². The Morgan fingerprint density at radius 3 is 2.58 bits per heavy atom. The molecule has 2 unspecified atom stereocenters. The predicted octanol–water partition coefficient (Wildman–Crippen LogP) is 1.42. The molecule has 1 N–H and O–H groups in total. The fraction of sp³-hybridized carbons (Fsp3) is 0.889. The van der Waals surface area contributed by atoms with E-state index in [1.165, 1.54) is 46.0 Å². The van der Waals surface area contributed by atoms with Crippen LogP contribution in [-0.4, -0.2) is 75.2 Å². The molecule has 24 heavy (non-hydrogen) atoms. The highest BCUT2D eigenvalue weighted by Crippen LogP contribution is 2.24. The van der Waals surface area contributed by atoms with Crippen LogP contribution in [0.5, 0.6) is 0 Å². The molecule has 0 spiro atoms. The first-order chi connectivity index (χ1) is 11.6. The lowest BCUT2D eigenvalue weighted by Gasteiger charge is -2.31. The van der Waals surface area contributed by atoms with Crippen molar-refractivity contribution in [2.45, 2.75) is 33.1 Å². The Labute approximate surface area is 146 Å². The molecule has 6 heteroatoms. The van der Waals surface area contributed by atoms with Gasteiger partial charge in [0.25, 0.3) is 0 Å². The van der Waals surface area contributed by atoms with Crippen LogP contribution in [0.25, 0.3) is 0 Å². The predicted molar refractivity (Wildman–Crippen MR) is 97.1 cm³/mol. The molecule has 2 saturated heterocycles. The van der Waals surface area contributed by atoms with Crippen LogP contribution in [0.2, 0.25) is 0 Å². The molecule has 0 radical (unpaired) electrons. The van der Waals surface area contributed by atoms with E-state index < -0.39 is 0 Å². The van der Waals surface area contributed by atoms with Gasteiger partial charge in [-0.05, 0) is 50.7 Å². The van der Waals surface area contributed by atoms with Crippen LogP contribution in [0.4, 0.5) is 0 Å². The summed E-state index contributed by atoms with van der Waals surface area (Å²) in [5, 5.41) is 3.49. The van der Waals surface area contributed by atoms with Gasteiger partial charge in [-0.25, -0.2) is 0 Å². The van der Waals surface area contributed by atoms with Crippen molar-refractivity contribution in [3.8, 4) is 0 Å². The number of ether oxygens (including phenoxy) is 1. The monoisotopic (exact) mass is 338 g/mol. The second-order valence-corrected chi connectivity index (χ2v) is 7.15. The highest BCUT2D eigenvalue weighted by molar-refractivity contribution is 5.82. The van der Waals surface area contributed by atoms with Crippen molar-refractivity contribution in [2.24, 2.45) is 22.7 Å². The van der Waals surface area contributed by atoms with Crippen molar-refractivity contribution >= 4 is 11.9 Å². The highest BCUT2D eigenvalue weighted by atomic mass is 16.5. The summed E-state index contributed by atoms with van der Waals surface area (Å²) in [5.41, 5.74) is 0. The van der Waals surface area contributed by atoms with Gasteiger partial charge in [-0.3, -0.25) is 9.79 Å². The third-order valence-corrected chi connectivity index (χ3v) is 5.62. The van der Waals surface area contributed by atoms with Gasteiger partial charge in [0.15, 0.2) is 5.96 Å². The molecule has 2 atom stereocenters. The van der Waals surface area contributed by atoms with Crippen molar-refractivity contribution in [1.29, 1.82) is 0 Å². The molecule has 2 fully saturated rings. The molecule has 2 heterocycles. The number of guanidine groups is 1. The fourth-order valence-electron chi connectivity index (χ4n) is 3.91. The molecule has 0 aromatic heterocycles. The maximum atomic E-state index is 11.8. The van der Waals surface area contributed by atoms with Crippen LogP contribution in [0.1, 0.15) is 33.1 Å². The van der Waals surface area contributed by atoms with Crippen LogP contribution in [-0.2, 0) is 9.53 Å². The van der Waals surface area contributed by atoms with E-state index in [2.05, 4.69) is 34.0 Å². The topological polar surface area (TPSA) is 57.2 Å². The Balaban J connectivity index is 1.74. The van der Waals surface area contributed by atoms with E-state index in [1.807, 2.05) is 7.05 Å². The first-order valence-corrected chi connectivity index (χ1v) is 9.34. The molecule has 0 aromatic carbocycles. The number of carbonyl (C=O) groups excluding carboxylic acids is 1. The lowest BCUT2D eigenvalue weighted by atomic mass is 9.93. The average molecular weight is 338 g/mol. The number of nitrogens with zero attached hydrogens (tertiary/aromatic N) is 3. The first-order valence-electron chi connectivity index (χ1n) is 9.34. The average Bonchev–Trinajstić information content (AvgIpc) is 3.00.